The number of benzene rings is 2. The summed E-state index contributed by atoms with van der Waals surface area (Å²) >= 11 is 0. The van der Waals surface area contributed by atoms with Gasteiger partial charge in [0.1, 0.15) is 0 Å². The first-order valence-corrected chi connectivity index (χ1v) is 8.94. The Morgan fingerprint density at radius 3 is 2.59 bits per heavy atom. The zero-order valence-corrected chi connectivity index (χ0v) is 15.4. The van der Waals surface area contributed by atoms with Gasteiger partial charge in [-0.25, -0.2) is 4.79 Å². The van der Waals surface area contributed by atoms with Crippen molar-refractivity contribution in [2.24, 2.45) is 0 Å². The van der Waals surface area contributed by atoms with Crippen molar-refractivity contribution in [1.82, 2.24) is 0 Å². The summed E-state index contributed by atoms with van der Waals surface area (Å²) in [6, 6.07) is 12.8. The average molecular weight is 366 g/mol. The number of fused-ring (bicyclic) bond motifs is 1. The molecule has 0 N–H and O–H groups in total. The molecule has 27 heavy (non-hydrogen) atoms. The highest BCUT2D eigenvalue weighted by Gasteiger charge is 2.13. The van der Waals surface area contributed by atoms with Gasteiger partial charge in [-0.05, 0) is 41.7 Å². The molecule has 5 heteroatoms. The molecule has 5 nitrogen and oxygen atoms in total. The summed E-state index contributed by atoms with van der Waals surface area (Å²) in [4.78, 5) is 24.0. The molecule has 1 heterocycles. The fourth-order valence-corrected chi connectivity index (χ4v) is 2.68. The zero-order valence-electron chi connectivity index (χ0n) is 15.4. The Morgan fingerprint density at radius 2 is 1.85 bits per heavy atom. The topological polar surface area (TPSA) is 61.8 Å². The minimum Gasteiger partial charge on any atom is -0.454 e. The number of hydrogen-bond acceptors (Lipinski definition) is 5. The first kappa shape index (κ1) is 18.7. The third-order valence-electron chi connectivity index (χ3n) is 4.57. The van der Waals surface area contributed by atoms with Gasteiger partial charge in [0.25, 0.3) is 0 Å². The molecular weight excluding hydrogens is 344 g/mol. The SMILES string of the molecule is CC[C@H](C)c1ccc(C(=O)COC(=O)/C=C/c2ccc3c(c2)OCO3)cc1. The molecule has 0 fully saturated rings. The summed E-state index contributed by atoms with van der Waals surface area (Å²) in [7, 11) is 0. The molecule has 2 aromatic rings. The van der Waals surface area contributed by atoms with Crippen molar-refractivity contribution in [2.45, 2.75) is 26.2 Å². The third-order valence-corrected chi connectivity index (χ3v) is 4.57. The minimum absolute atomic E-state index is 0.199. The molecule has 0 aromatic heterocycles. The van der Waals surface area contributed by atoms with Crippen LogP contribution in [0.3, 0.4) is 0 Å². The van der Waals surface area contributed by atoms with Crippen LogP contribution < -0.4 is 9.47 Å². The molecule has 1 aliphatic heterocycles. The van der Waals surface area contributed by atoms with Crippen molar-refractivity contribution in [3.05, 3.63) is 65.2 Å². The van der Waals surface area contributed by atoms with Gasteiger partial charge in [-0.1, -0.05) is 44.2 Å². The smallest absolute Gasteiger partial charge is 0.331 e. The van der Waals surface area contributed by atoms with Crippen LogP contribution in [0.15, 0.2) is 48.5 Å². The number of rotatable bonds is 7. The molecule has 1 aliphatic rings. The van der Waals surface area contributed by atoms with Crippen molar-refractivity contribution in [2.75, 3.05) is 13.4 Å². The Morgan fingerprint density at radius 1 is 1.11 bits per heavy atom. The lowest BCUT2D eigenvalue weighted by Gasteiger charge is -2.09. The van der Waals surface area contributed by atoms with Crippen molar-refractivity contribution in [3.8, 4) is 11.5 Å². The van der Waals surface area contributed by atoms with E-state index in [1.165, 1.54) is 11.6 Å². The second kappa shape index (κ2) is 8.54. The summed E-state index contributed by atoms with van der Waals surface area (Å²) < 4.78 is 15.6. The van der Waals surface area contributed by atoms with Crippen LogP contribution in [-0.4, -0.2) is 25.2 Å². The van der Waals surface area contributed by atoms with Gasteiger partial charge in [-0.2, -0.15) is 0 Å². The lowest BCUT2D eigenvalue weighted by Crippen LogP contribution is -2.12. The highest BCUT2D eigenvalue weighted by Crippen LogP contribution is 2.32. The average Bonchev–Trinajstić information content (AvgIpc) is 3.17. The molecule has 0 aliphatic carbocycles. The van der Waals surface area contributed by atoms with Gasteiger partial charge in [0, 0.05) is 11.6 Å². The quantitative estimate of drug-likeness (QED) is 0.414. The number of Topliss-reactive ketones (excluding diaryl/α,β-unsaturated/α-hetero) is 1. The molecule has 3 rings (SSSR count). The first-order chi connectivity index (χ1) is 13.1. The second-order valence-electron chi connectivity index (χ2n) is 6.41. The van der Waals surface area contributed by atoms with Crippen molar-refractivity contribution in [3.63, 3.8) is 0 Å². The van der Waals surface area contributed by atoms with Gasteiger partial charge in [0.15, 0.2) is 23.9 Å². The van der Waals surface area contributed by atoms with Crippen LogP contribution in [0.2, 0.25) is 0 Å². The molecule has 0 saturated heterocycles. The standard InChI is InChI=1S/C22H22O5/c1-3-15(2)17-6-8-18(9-7-17)19(23)13-25-22(24)11-5-16-4-10-20-21(12-16)27-14-26-20/h4-12,15H,3,13-14H2,1-2H3/b11-5+/t15-/m0/s1. The third kappa shape index (κ3) is 4.76. The van der Waals surface area contributed by atoms with Gasteiger partial charge in [0.2, 0.25) is 6.79 Å². The van der Waals surface area contributed by atoms with Gasteiger partial charge in [-0.15, -0.1) is 0 Å². The summed E-state index contributed by atoms with van der Waals surface area (Å²) in [5, 5.41) is 0. The van der Waals surface area contributed by atoms with Gasteiger partial charge >= 0.3 is 5.97 Å². The maximum atomic E-state index is 12.2. The number of carbonyl (C=O) groups excluding carboxylic acids is 2. The Bertz CT molecular complexity index is 852. The molecule has 0 saturated carbocycles. The van der Waals surface area contributed by atoms with Crippen LogP contribution >= 0.6 is 0 Å². The van der Waals surface area contributed by atoms with E-state index < -0.39 is 5.97 Å². The normalized spacial score (nSPS) is 13.6. The predicted molar refractivity (Wildman–Crippen MR) is 102 cm³/mol. The maximum absolute atomic E-state index is 12.2. The fraction of sp³-hybridized carbons (Fsp3) is 0.273. The summed E-state index contributed by atoms with van der Waals surface area (Å²) in [5.41, 5.74) is 2.51. The molecule has 0 amide bonds. The number of esters is 1. The van der Waals surface area contributed by atoms with E-state index in [4.69, 9.17) is 14.2 Å². The Hall–Kier alpha value is -3.08. The second-order valence-corrected chi connectivity index (χ2v) is 6.41. The molecular formula is C22H22O5. The molecule has 0 unspecified atom stereocenters. The molecule has 140 valence electrons. The van der Waals surface area contributed by atoms with E-state index in [1.807, 2.05) is 12.1 Å². The van der Waals surface area contributed by atoms with Crippen LogP contribution in [0, 0.1) is 0 Å². The molecule has 1 atom stereocenters. The van der Waals surface area contributed by atoms with Crippen LogP contribution in [0.4, 0.5) is 0 Å². The monoisotopic (exact) mass is 366 g/mol. The minimum atomic E-state index is -0.572. The van der Waals surface area contributed by atoms with Crippen molar-refractivity contribution < 1.29 is 23.8 Å². The Kier molecular flexibility index (Phi) is 5.91. The van der Waals surface area contributed by atoms with Gasteiger partial charge < -0.3 is 14.2 Å². The molecule has 0 radical (unpaired) electrons. The lowest BCUT2D eigenvalue weighted by molar-refractivity contribution is -0.136. The predicted octanol–water partition coefficient (Wildman–Crippen LogP) is 4.37. The molecule has 2 aromatic carbocycles. The highest BCUT2D eigenvalue weighted by atomic mass is 16.7. The van der Waals surface area contributed by atoms with Crippen LogP contribution in [0.25, 0.3) is 6.08 Å². The van der Waals surface area contributed by atoms with Crippen molar-refractivity contribution in [1.29, 1.82) is 0 Å². The molecule has 0 spiro atoms. The lowest BCUT2D eigenvalue weighted by atomic mass is 9.97. The van der Waals surface area contributed by atoms with Crippen LogP contribution in [0.5, 0.6) is 11.5 Å². The summed E-state index contributed by atoms with van der Waals surface area (Å²) in [6.45, 7) is 4.18. The van der Waals surface area contributed by atoms with Crippen LogP contribution in [-0.2, 0) is 9.53 Å². The summed E-state index contributed by atoms with van der Waals surface area (Å²) in [6.07, 6.45) is 3.94. The summed E-state index contributed by atoms with van der Waals surface area (Å²) in [5.74, 6) is 0.974. The number of carbonyl (C=O) groups is 2. The van der Waals surface area contributed by atoms with Gasteiger partial charge in [0.05, 0.1) is 0 Å². The first-order valence-electron chi connectivity index (χ1n) is 8.94. The number of ether oxygens (including phenoxy) is 3. The Balaban J connectivity index is 1.51. The van der Waals surface area contributed by atoms with E-state index >= 15 is 0 Å². The van der Waals surface area contributed by atoms with E-state index in [2.05, 4.69) is 13.8 Å². The maximum Gasteiger partial charge on any atom is 0.331 e. The Labute approximate surface area is 158 Å². The van der Waals surface area contributed by atoms with E-state index in [-0.39, 0.29) is 19.2 Å². The van der Waals surface area contributed by atoms with E-state index in [1.54, 1.807) is 36.4 Å². The fourth-order valence-electron chi connectivity index (χ4n) is 2.68. The van der Waals surface area contributed by atoms with E-state index in [0.717, 1.165) is 12.0 Å². The largest absolute Gasteiger partial charge is 0.454 e. The van der Waals surface area contributed by atoms with Crippen LogP contribution in [0.1, 0.15) is 47.7 Å². The van der Waals surface area contributed by atoms with E-state index in [9.17, 15) is 9.59 Å². The van der Waals surface area contributed by atoms with Crippen molar-refractivity contribution >= 4 is 17.8 Å². The van der Waals surface area contributed by atoms with Gasteiger partial charge in [-0.3, -0.25) is 4.79 Å². The highest BCUT2D eigenvalue weighted by molar-refractivity contribution is 5.98. The van der Waals surface area contributed by atoms with E-state index in [0.29, 0.717) is 23.0 Å². The molecule has 0 bridgehead atoms. The number of ketones is 1. The number of hydrogen-bond donors (Lipinski definition) is 0. The zero-order chi connectivity index (χ0) is 19.2.